The molecule has 2 aromatic heterocycles. The van der Waals surface area contributed by atoms with Crippen molar-refractivity contribution in [2.24, 2.45) is 10.1 Å². The van der Waals surface area contributed by atoms with Crippen LogP contribution in [0.2, 0.25) is 0 Å². The number of hydrazone groups is 1. The number of quaternary nitrogens is 1. The van der Waals surface area contributed by atoms with Gasteiger partial charge in [0.25, 0.3) is 0 Å². The van der Waals surface area contributed by atoms with E-state index in [-0.39, 0.29) is 17.1 Å². The molecule has 0 bridgehead atoms. The third-order valence-corrected chi connectivity index (χ3v) is 6.77. The summed E-state index contributed by atoms with van der Waals surface area (Å²) in [6.45, 7) is 4.23. The van der Waals surface area contributed by atoms with Gasteiger partial charge in [0.15, 0.2) is 28.7 Å². The van der Waals surface area contributed by atoms with Crippen LogP contribution in [0.5, 0.6) is 11.5 Å². The van der Waals surface area contributed by atoms with Crippen molar-refractivity contribution < 1.29 is 15.1 Å². The highest BCUT2D eigenvalue weighted by molar-refractivity contribution is 7.15. The van der Waals surface area contributed by atoms with Gasteiger partial charge in [0.05, 0.1) is 18.7 Å². The summed E-state index contributed by atoms with van der Waals surface area (Å²) in [5, 5.41) is 29.5. The number of nitrogens with one attached hydrogen (secondary N) is 1. The van der Waals surface area contributed by atoms with E-state index in [0.29, 0.717) is 11.6 Å². The number of aryl methyl sites for hydroxylation is 1. The lowest BCUT2D eigenvalue weighted by atomic mass is 10.1. The molecule has 3 N–H and O–H groups in total. The molecule has 29 heavy (non-hydrogen) atoms. The second-order valence-electron chi connectivity index (χ2n) is 6.66. The smallest absolute Gasteiger partial charge is 0.214 e. The van der Waals surface area contributed by atoms with Crippen molar-refractivity contribution >= 4 is 46.1 Å². The van der Waals surface area contributed by atoms with Gasteiger partial charge in [-0.15, -0.1) is 22.7 Å². The lowest BCUT2D eigenvalue weighted by molar-refractivity contribution is -0.0219. The van der Waals surface area contributed by atoms with Crippen LogP contribution in [0.3, 0.4) is 0 Å². The number of nitrogens with zero attached hydrogens (tertiary/aromatic N) is 3. The van der Waals surface area contributed by atoms with Gasteiger partial charge in [-0.1, -0.05) is 4.65 Å². The molecule has 7 nitrogen and oxygen atoms in total. The third kappa shape index (κ3) is 3.42. The van der Waals surface area contributed by atoms with Gasteiger partial charge in [-0.2, -0.15) is 5.10 Å². The SMILES string of the molecule is COc1ccc(C=NNC2=NC[N+](O)(c3ccsc3)c3c2sc(C)c3C)cc1O. The molecule has 0 radical (unpaired) electrons. The molecule has 1 aliphatic heterocycles. The first-order valence-electron chi connectivity index (χ1n) is 8.89. The maximum Gasteiger partial charge on any atom is 0.214 e. The highest BCUT2D eigenvalue weighted by Crippen LogP contribution is 2.45. The molecule has 150 valence electrons. The Morgan fingerprint density at radius 1 is 1.31 bits per heavy atom. The Morgan fingerprint density at radius 2 is 2.14 bits per heavy atom. The molecule has 4 rings (SSSR count). The number of hydrogen-bond acceptors (Lipinski definition) is 8. The molecule has 3 aromatic rings. The van der Waals surface area contributed by atoms with Gasteiger partial charge in [-0.25, -0.2) is 10.2 Å². The van der Waals surface area contributed by atoms with Crippen LogP contribution in [0.4, 0.5) is 11.4 Å². The fourth-order valence-corrected chi connectivity index (χ4v) is 5.11. The first-order valence-corrected chi connectivity index (χ1v) is 10.6. The molecule has 0 amide bonds. The predicted molar refractivity (Wildman–Crippen MR) is 118 cm³/mol. The molecule has 1 aliphatic rings. The van der Waals surface area contributed by atoms with E-state index in [2.05, 4.69) is 15.5 Å². The fourth-order valence-electron chi connectivity index (χ4n) is 3.26. The summed E-state index contributed by atoms with van der Waals surface area (Å²) < 4.78 is 4.71. The number of hydroxylamine groups is 1. The van der Waals surface area contributed by atoms with Crippen LogP contribution < -0.4 is 14.8 Å². The van der Waals surface area contributed by atoms with Crippen LogP contribution in [0.25, 0.3) is 0 Å². The average molecular weight is 430 g/mol. The van der Waals surface area contributed by atoms with Gasteiger partial charge in [-0.05, 0) is 43.0 Å². The molecular weight excluding hydrogens is 408 g/mol. The topological polar surface area (TPSA) is 86.4 Å². The molecular formula is C20H21N4O3S2+. The number of ether oxygens (including phenoxy) is 1. The summed E-state index contributed by atoms with van der Waals surface area (Å²) in [6.07, 6.45) is 1.60. The number of rotatable bonds is 4. The number of aromatic hydroxyl groups is 1. The lowest BCUT2D eigenvalue weighted by Gasteiger charge is -2.30. The molecule has 0 aliphatic carbocycles. The van der Waals surface area contributed by atoms with Gasteiger partial charge < -0.3 is 9.84 Å². The number of phenols is 1. The van der Waals surface area contributed by atoms with Crippen LogP contribution in [0.15, 0.2) is 45.1 Å². The van der Waals surface area contributed by atoms with E-state index in [0.717, 1.165) is 32.3 Å². The summed E-state index contributed by atoms with van der Waals surface area (Å²) in [5.41, 5.74) is 6.41. The van der Waals surface area contributed by atoms with Gasteiger partial charge >= 0.3 is 0 Å². The summed E-state index contributed by atoms with van der Waals surface area (Å²) in [4.78, 5) is 6.57. The normalized spacial score (nSPS) is 18.6. The van der Waals surface area contributed by atoms with Crippen molar-refractivity contribution in [3.63, 3.8) is 0 Å². The first-order chi connectivity index (χ1) is 13.9. The monoisotopic (exact) mass is 429 g/mol. The Balaban J connectivity index is 1.62. The highest BCUT2D eigenvalue weighted by atomic mass is 32.1. The number of amidine groups is 1. The van der Waals surface area contributed by atoms with Crippen molar-refractivity contribution in [3.8, 4) is 11.5 Å². The molecule has 3 heterocycles. The predicted octanol–water partition coefficient (Wildman–Crippen LogP) is 4.51. The number of fused-ring (bicyclic) bond motifs is 1. The molecule has 1 aromatic carbocycles. The molecule has 9 heteroatoms. The Hall–Kier alpha value is -2.72. The largest absolute Gasteiger partial charge is 0.504 e. The second-order valence-corrected chi connectivity index (χ2v) is 8.67. The minimum Gasteiger partial charge on any atom is -0.504 e. The van der Waals surface area contributed by atoms with Gasteiger partial charge in [0, 0.05) is 16.5 Å². The summed E-state index contributed by atoms with van der Waals surface area (Å²) in [6, 6.07) is 6.97. The number of benzene rings is 1. The number of hydrogen-bond donors (Lipinski definition) is 3. The number of methoxy groups -OCH3 is 1. The molecule has 0 saturated heterocycles. The minimum atomic E-state index is -0.337. The van der Waals surface area contributed by atoms with Crippen LogP contribution in [-0.4, -0.2) is 36.1 Å². The quantitative estimate of drug-likeness (QED) is 0.324. The van der Waals surface area contributed by atoms with E-state index in [1.807, 2.05) is 30.7 Å². The van der Waals surface area contributed by atoms with Crippen LogP contribution in [0, 0.1) is 13.8 Å². The van der Waals surface area contributed by atoms with E-state index in [1.165, 1.54) is 7.11 Å². The summed E-state index contributed by atoms with van der Waals surface area (Å²) >= 11 is 3.13. The Morgan fingerprint density at radius 3 is 2.83 bits per heavy atom. The maximum absolute atomic E-state index is 11.4. The van der Waals surface area contributed by atoms with Crippen molar-refractivity contribution in [2.75, 3.05) is 13.8 Å². The van der Waals surface area contributed by atoms with Crippen LogP contribution >= 0.6 is 22.7 Å². The zero-order valence-electron chi connectivity index (χ0n) is 16.2. The molecule has 0 saturated carbocycles. The maximum atomic E-state index is 11.4. The molecule has 1 atom stereocenters. The van der Waals surface area contributed by atoms with E-state index >= 15 is 0 Å². The van der Waals surface area contributed by atoms with Crippen LogP contribution in [0.1, 0.15) is 20.9 Å². The summed E-state index contributed by atoms with van der Waals surface area (Å²) in [5.74, 6) is 1.08. The van der Waals surface area contributed by atoms with Crippen LogP contribution in [-0.2, 0) is 0 Å². The van der Waals surface area contributed by atoms with E-state index in [4.69, 9.17) is 4.74 Å². The second kappa shape index (κ2) is 7.60. The molecule has 0 fully saturated rings. The number of thiophene rings is 2. The van der Waals surface area contributed by atoms with E-state index in [1.54, 1.807) is 47.1 Å². The van der Waals surface area contributed by atoms with E-state index < -0.39 is 0 Å². The standard InChI is InChI=1S/C20H20N4O3S2/c1-12-13(2)29-19-18(12)24(26,15-6-7-28-10-15)11-21-20(19)23-22-9-14-4-5-17(27-3)16(25)8-14/h4-10,26H,11H2,1-3H3,(H-,21,23,25)/p+1. The Labute approximate surface area is 176 Å². The van der Waals surface area contributed by atoms with Gasteiger partial charge in [0.2, 0.25) is 6.67 Å². The third-order valence-electron chi connectivity index (χ3n) is 4.89. The zero-order chi connectivity index (χ0) is 20.6. The zero-order valence-corrected chi connectivity index (χ0v) is 17.8. The lowest BCUT2D eigenvalue weighted by Crippen LogP contribution is -2.45. The number of aliphatic imine (C=N–C) groups is 1. The average Bonchev–Trinajstić information content (AvgIpc) is 3.34. The Kier molecular flexibility index (Phi) is 5.13. The van der Waals surface area contributed by atoms with Crippen molar-refractivity contribution in [3.05, 3.63) is 55.9 Å². The number of phenolic OH excluding ortho intramolecular Hbond substituents is 1. The van der Waals surface area contributed by atoms with Crippen molar-refractivity contribution in [2.45, 2.75) is 13.8 Å². The fraction of sp³-hybridized carbons (Fsp3) is 0.200. The van der Waals surface area contributed by atoms with Crippen molar-refractivity contribution in [1.82, 2.24) is 10.1 Å². The Bertz CT molecular complexity index is 1110. The summed E-state index contributed by atoms with van der Waals surface area (Å²) in [7, 11) is 1.50. The molecule has 0 spiro atoms. The van der Waals surface area contributed by atoms with Gasteiger partial charge in [0.1, 0.15) is 4.88 Å². The first kappa shape index (κ1) is 19.6. The minimum absolute atomic E-state index is 0.0522. The van der Waals surface area contributed by atoms with Crippen molar-refractivity contribution in [1.29, 1.82) is 0 Å². The highest BCUT2D eigenvalue weighted by Gasteiger charge is 2.43. The van der Waals surface area contributed by atoms with E-state index in [9.17, 15) is 10.3 Å². The molecule has 1 unspecified atom stereocenters. The van der Waals surface area contributed by atoms with Gasteiger partial charge in [-0.3, -0.25) is 5.43 Å².